The summed E-state index contributed by atoms with van der Waals surface area (Å²) in [5, 5.41) is 10.5. The Bertz CT molecular complexity index is 619. The molecule has 2 rings (SSSR count). The Kier molecular flexibility index (Phi) is 4.02. The van der Waals surface area contributed by atoms with Crippen molar-refractivity contribution in [2.24, 2.45) is 0 Å². The zero-order valence-electron chi connectivity index (χ0n) is 9.81. The molecule has 0 atom stereocenters. The number of halogens is 5. The molecule has 0 aliphatic carbocycles. The van der Waals surface area contributed by atoms with Crippen molar-refractivity contribution in [3.05, 3.63) is 34.1 Å². The second-order valence-electron chi connectivity index (χ2n) is 3.44. The van der Waals surface area contributed by atoms with Crippen LogP contribution in [0, 0.1) is 29.1 Å². The van der Waals surface area contributed by atoms with Gasteiger partial charge in [0.2, 0.25) is 34.2 Å². The van der Waals surface area contributed by atoms with Crippen LogP contribution in [0.4, 0.5) is 27.1 Å². The van der Waals surface area contributed by atoms with Crippen molar-refractivity contribution in [1.29, 1.82) is 0 Å². The average Bonchev–Trinajstić information content (AvgIpc) is 2.91. The molecule has 108 valence electrons. The summed E-state index contributed by atoms with van der Waals surface area (Å²) in [6, 6.07) is 0. The maximum atomic E-state index is 13.3. The van der Waals surface area contributed by atoms with E-state index in [2.05, 4.69) is 20.3 Å². The Labute approximate surface area is 113 Å². The number of rotatable bonds is 4. The predicted molar refractivity (Wildman–Crippen MR) is 60.0 cm³/mol. The topological polar surface area (TPSA) is 47.0 Å². The Morgan fingerprint density at radius 2 is 1.50 bits per heavy atom. The van der Waals surface area contributed by atoms with Crippen LogP contribution in [0.15, 0.2) is 0 Å². The molecule has 0 aliphatic rings. The van der Waals surface area contributed by atoms with E-state index >= 15 is 0 Å². The SMILES string of the molecule is CNc1nnc(COc2c(F)c(F)c(F)c(F)c2F)s1. The van der Waals surface area contributed by atoms with E-state index in [0.29, 0.717) is 5.13 Å². The van der Waals surface area contributed by atoms with Crippen LogP contribution in [-0.4, -0.2) is 17.2 Å². The molecule has 0 fully saturated rings. The number of aromatic nitrogens is 2. The number of anilines is 1. The third-order valence-corrected chi connectivity index (χ3v) is 3.10. The van der Waals surface area contributed by atoms with Crippen molar-refractivity contribution in [2.45, 2.75) is 6.61 Å². The number of ether oxygens (including phenoxy) is 1. The second-order valence-corrected chi connectivity index (χ2v) is 4.50. The lowest BCUT2D eigenvalue weighted by Gasteiger charge is -2.08. The van der Waals surface area contributed by atoms with E-state index in [0.717, 1.165) is 11.3 Å². The summed E-state index contributed by atoms with van der Waals surface area (Å²) >= 11 is 1.01. The van der Waals surface area contributed by atoms with Crippen LogP contribution in [0.1, 0.15) is 5.01 Å². The molecular formula is C10H6F5N3OS. The molecule has 0 radical (unpaired) electrons. The lowest BCUT2D eigenvalue weighted by molar-refractivity contribution is 0.252. The van der Waals surface area contributed by atoms with Gasteiger partial charge in [0, 0.05) is 7.05 Å². The first-order chi connectivity index (χ1) is 9.45. The molecule has 0 bridgehead atoms. The van der Waals surface area contributed by atoms with E-state index < -0.39 is 41.4 Å². The van der Waals surface area contributed by atoms with Crippen LogP contribution >= 0.6 is 11.3 Å². The maximum absolute atomic E-state index is 13.3. The zero-order chi connectivity index (χ0) is 14.9. The van der Waals surface area contributed by atoms with E-state index in [4.69, 9.17) is 0 Å². The van der Waals surface area contributed by atoms with Crippen LogP contribution in [0.3, 0.4) is 0 Å². The number of nitrogens with zero attached hydrogens (tertiary/aromatic N) is 2. The fraction of sp³-hybridized carbons (Fsp3) is 0.200. The maximum Gasteiger partial charge on any atom is 0.207 e. The molecule has 4 nitrogen and oxygen atoms in total. The number of hydrogen-bond acceptors (Lipinski definition) is 5. The summed E-state index contributed by atoms with van der Waals surface area (Å²) in [5.74, 6) is -11.8. The molecule has 0 saturated carbocycles. The Morgan fingerprint density at radius 3 is 2.00 bits per heavy atom. The monoisotopic (exact) mass is 311 g/mol. The van der Waals surface area contributed by atoms with Crippen LogP contribution in [-0.2, 0) is 6.61 Å². The summed E-state index contributed by atoms with van der Waals surface area (Å²) in [7, 11) is 1.58. The number of benzene rings is 1. The third-order valence-electron chi connectivity index (χ3n) is 2.19. The summed E-state index contributed by atoms with van der Waals surface area (Å²) in [4.78, 5) is 0. The normalized spacial score (nSPS) is 10.7. The lowest BCUT2D eigenvalue weighted by Crippen LogP contribution is -2.07. The van der Waals surface area contributed by atoms with Gasteiger partial charge in [0.1, 0.15) is 6.61 Å². The highest BCUT2D eigenvalue weighted by molar-refractivity contribution is 7.15. The largest absolute Gasteiger partial charge is 0.480 e. The van der Waals surface area contributed by atoms with Crippen LogP contribution in [0.5, 0.6) is 5.75 Å². The Balaban J connectivity index is 2.25. The van der Waals surface area contributed by atoms with E-state index in [1.165, 1.54) is 0 Å². The van der Waals surface area contributed by atoms with E-state index in [9.17, 15) is 22.0 Å². The molecule has 2 aromatic rings. The van der Waals surface area contributed by atoms with Gasteiger partial charge in [0.25, 0.3) is 0 Å². The fourth-order valence-electron chi connectivity index (χ4n) is 1.26. The highest BCUT2D eigenvalue weighted by Gasteiger charge is 2.27. The van der Waals surface area contributed by atoms with Gasteiger partial charge in [-0.3, -0.25) is 0 Å². The van der Waals surface area contributed by atoms with Gasteiger partial charge in [0.15, 0.2) is 10.8 Å². The summed E-state index contributed by atoms with van der Waals surface area (Å²) < 4.78 is 69.8. The molecule has 0 amide bonds. The third kappa shape index (κ3) is 2.50. The zero-order valence-corrected chi connectivity index (χ0v) is 10.6. The lowest BCUT2D eigenvalue weighted by atomic mass is 10.2. The van der Waals surface area contributed by atoms with Gasteiger partial charge in [0.05, 0.1) is 0 Å². The quantitative estimate of drug-likeness (QED) is 0.536. The molecule has 1 aromatic heterocycles. The van der Waals surface area contributed by atoms with Crippen LogP contribution < -0.4 is 10.1 Å². The summed E-state index contributed by atoms with van der Waals surface area (Å²) in [5.41, 5.74) is 0. The molecule has 1 N–H and O–H groups in total. The minimum atomic E-state index is -2.24. The summed E-state index contributed by atoms with van der Waals surface area (Å²) in [6.45, 7) is -0.475. The highest BCUT2D eigenvalue weighted by Crippen LogP contribution is 2.30. The van der Waals surface area contributed by atoms with Gasteiger partial charge >= 0.3 is 0 Å². The average molecular weight is 311 g/mol. The van der Waals surface area contributed by atoms with Crippen LogP contribution in [0.2, 0.25) is 0 Å². The molecule has 0 saturated heterocycles. The van der Waals surface area contributed by atoms with Crippen molar-refractivity contribution >= 4 is 16.5 Å². The van der Waals surface area contributed by atoms with Crippen molar-refractivity contribution in [1.82, 2.24) is 10.2 Å². The molecule has 0 spiro atoms. The number of nitrogens with one attached hydrogen (secondary N) is 1. The Morgan fingerprint density at radius 1 is 0.950 bits per heavy atom. The van der Waals surface area contributed by atoms with E-state index in [1.54, 1.807) is 7.05 Å². The van der Waals surface area contributed by atoms with E-state index in [1.807, 2.05) is 0 Å². The predicted octanol–water partition coefficient (Wildman–Crippen LogP) is 2.85. The van der Waals surface area contributed by atoms with Crippen molar-refractivity contribution < 1.29 is 26.7 Å². The van der Waals surface area contributed by atoms with Gasteiger partial charge in [-0.1, -0.05) is 11.3 Å². The standard InChI is InChI=1S/C10H6F5N3OS/c1-16-10-18-17-3(20-10)2-19-9-7(14)5(12)4(11)6(13)8(9)15/h2H2,1H3,(H,16,18). The molecule has 1 aromatic carbocycles. The van der Waals surface area contributed by atoms with Gasteiger partial charge in [-0.05, 0) is 0 Å². The first-order valence-corrected chi connectivity index (χ1v) is 5.91. The van der Waals surface area contributed by atoms with Crippen molar-refractivity contribution in [3.8, 4) is 5.75 Å². The molecule has 20 heavy (non-hydrogen) atoms. The first kappa shape index (κ1) is 14.4. The van der Waals surface area contributed by atoms with Gasteiger partial charge in [-0.2, -0.15) is 8.78 Å². The smallest absolute Gasteiger partial charge is 0.207 e. The summed E-state index contributed by atoms with van der Waals surface area (Å²) in [6.07, 6.45) is 0. The molecule has 10 heteroatoms. The molecule has 0 unspecified atom stereocenters. The van der Waals surface area contributed by atoms with Crippen molar-refractivity contribution in [3.63, 3.8) is 0 Å². The first-order valence-electron chi connectivity index (χ1n) is 5.10. The second kappa shape index (κ2) is 5.57. The molecular weight excluding hydrogens is 305 g/mol. The van der Waals surface area contributed by atoms with Gasteiger partial charge in [-0.15, -0.1) is 10.2 Å². The Hall–Kier alpha value is -1.97. The minimum absolute atomic E-state index is 0.207. The minimum Gasteiger partial charge on any atom is -0.480 e. The molecule has 1 heterocycles. The fourth-order valence-corrected chi connectivity index (χ4v) is 1.86. The number of hydrogen-bond donors (Lipinski definition) is 1. The molecule has 0 aliphatic heterocycles. The van der Waals surface area contributed by atoms with Crippen molar-refractivity contribution in [2.75, 3.05) is 12.4 Å². The highest BCUT2D eigenvalue weighted by atomic mass is 32.1. The van der Waals surface area contributed by atoms with Gasteiger partial charge in [-0.25, -0.2) is 13.2 Å². The van der Waals surface area contributed by atoms with Crippen LogP contribution in [0.25, 0.3) is 0 Å². The van der Waals surface area contributed by atoms with E-state index in [-0.39, 0.29) is 5.01 Å². The van der Waals surface area contributed by atoms with Gasteiger partial charge < -0.3 is 10.1 Å².